The van der Waals surface area contributed by atoms with Crippen molar-refractivity contribution < 1.29 is 19.2 Å². The second kappa shape index (κ2) is 8.53. The van der Waals surface area contributed by atoms with Crippen LogP contribution in [0.2, 0.25) is 0 Å². The molecule has 1 amide bonds. The highest BCUT2D eigenvalue weighted by molar-refractivity contribution is 5.93. The molecular weight excluding hydrogens is 316 g/mol. The van der Waals surface area contributed by atoms with Gasteiger partial charge in [-0.15, -0.1) is 0 Å². The van der Waals surface area contributed by atoms with Crippen LogP contribution in [-0.2, 0) is 11.3 Å². The van der Waals surface area contributed by atoms with E-state index in [1.165, 1.54) is 0 Å². The van der Waals surface area contributed by atoms with Crippen LogP contribution in [0.25, 0.3) is 0 Å². The number of quaternary nitrogens is 1. The minimum absolute atomic E-state index is 0.00300. The van der Waals surface area contributed by atoms with Gasteiger partial charge in [0.15, 0.2) is 18.0 Å². The maximum atomic E-state index is 12.4. The standard InChI is InChI=1S/C20H26N2O3/c1-14-8-6-9-15(2)19(14)21-18(23)13-22(3)12-16-10-7-11-17(24-4)20(16)25-5/h6-11H,12-13H2,1-5H3,(H,21,23)/p+1. The lowest BCUT2D eigenvalue weighted by Gasteiger charge is -2.18. The molecule has 25 heavy (non-hydrogen) atoms. The molecule has 134 valence electrons. The monoisotopic (exact) mass is 343 g/mol. The van der Waals surface area contributed by atoms with Crippen molar-refractivity contribution in [2.45, 2.75) is 20.4 Å². The highest BCUT2D eigenvalue weighted by atomic mass is 16.5. The molecule has 0 saturated carbocycles. The molecule has 0 aliphatic heterocycles. The lowest BCUT2D eigenvalue weighted by molar-refractivity contribution is -0.885. The summed E-state index contributed by atoms with van der Waals surface area (Å²) >= 11 is 0. The molecule has 0 fully saturated rings. The Kier molecular flexibility index (Phi) is 6.42. The summed E-state index contributed by atoms with van der Waals surface area (Å²) in [5, 5.41) is 3.03. The van der Waals surface area contributed by atoms with E-state index in [1.807, 2.05) is 57.3 Å². The van der Waals surface area contributed by atoms with Gasteiger partial charge in [0.05, 0.1) is 26.8 Å². The van der Waals surface area contributed by atoms with Gasteiger partial charge in [0, 0.05) is 5.69 Å². The zero-order chi connectivity index (χ0) is 18.4. The van der Waals surface area contributed by atoms with Crippen molar-refractivity contribution in [1.29, 1.82) is 0 Å². The first-order valence-electron chi connectivity index (χ1n) is 8.33. The SMILES string of the molecule is COc1cccc(C[NH+](C)CC(=O)Nc2c(C)cccc2C)c1OC. The molecule has 1 atom stereocenters. The largest absolute Gasteiger partial charge is 0.493 e. The van der Waals surface area contributed by atoms with Gasteiger partial charge in [-0.25, -0.2) is 0 Å². The summed E-state index contributed by atoms with van der Waals surface area (Å²) in [7, 11) is 5.24. The molecule has 5 heteroatoms. The minimum Gasteiger partial charge on any atom is -0.493 e. The number of ether oxygens (including phenoxy) is 2. The maximum Gasteiger partial charge on any atom is 0.279 e. The summed E-state index contributed by atoms with van der Waals surface area (Å²) in [5.41, 5.74) is 4.06. The highest BCUT2D eigenvalue weighted by Gasteiger charge is 2.16. The quantitative estimate of drug-likeness (QED) is 0.808. The summed E-state index contributed by atoms with van der Waals surface area (Å²) in [4.78, 5) is 13.5. The van der Waals surface area contributed by atoms with Gasteiger partial charge in [0.2, 0.25) is 0 Å². The number of rotatable bonds is 7. The van der Waals surface area contributed by atoms with Crippen molar-refractivity contribution in [2.24, 2.45) is 0 Å². The molecule has 0 spiro atoms. The molecule has 5 nitrogen and oxygen atoms in total. The van der Waals surface area contributed by atoms with Crippen LogP contribution in [0.15, 0.2) is 36.4 Å². The molecule has 2 N–H and O–H groups in total. The number of carbonyl (C=O) groups excluding carboxylic acids is 1. The van der Waals surface area contributed by atoms with Crippen molar-refractivity contribution in [2.75, 3.05) is 33.1 Å². The van der Waals surface area contributed by atoms with E-state index in [4.69, 9.17) is 9.47 Å². The van der Waals surface area contributed by atoms with Gasteiger partial charge in [-0.3, -0.25) is 4.79 Å². The third-order valence-corrected chi connectivity index (χ3v) is 4.18. The summed E-state index contributed by atoms with van der Waals surface area (Å²) in [6.45, 7) is 5.04. The van der Waals surface area contributed by atoms with Crippen LogP contribution >= 0.6 is 0 Å². The average Bonchev–Trinajstić information content (AvgIpc) is 2.57. The van der Waals surface area contributed by atoms with E-state index in [2.05, 4.69) is 5.32 Å². The molecule has 0 heterocycles. The normalized spacial score (nSPS) is 11.7. The number of para-hydroxylation sites is 2. The van der Waals surface area contributed by atoms with Crippen molar-refractivity contribution in [1.82, 2.24) is 0 Å². The van der Waals surface area contributed by atoms with E-state index in [9.17, 15) is 4.79 Å². The smallest absolute Gasteiger partial charge is 0.279 e. The van der Waals surface area contributed by atoms with Gasteiger partial charge in [0.1, 0.15) is 6.54 Å². The summed E-state index contributed by atoms with van der Waals surface area (Å²) in [6.07, 6.45) is 0. The number of likely N-dealkylation sites (N-methyl/N-ethyl adjacent to an activating group) is 1. The van der Waals surface area contributed by atoms with Gasteiger partial charge < -0.3 is 19.7 Å². The van der Waals surface area contributed by atoms with Crippen molar-refractivity contribution in [3.8, 4) is 11.5 Å². The Morgan fingerprint density at radius 2 is 1.68 bits per heavy atom. The molecule has 2 aromatic rings. The lowest BCUT2D eigenvalue weighted by Crippen LogP contribution is -3.08. The van der Waals surface area contributed by atoms with E-state index < -0.39 is 0 Å². The molecular formula is C20H27N2O3+. The second-order valence-corrected chi connectivity index (χ2v) is 6.28. The predicted molar refractivity (Wildman–Crippen MR) is 99.5 cm³/mol. The van der Waals surface area contributed by atoms with Crippen LogP contribution in [0.3, 0.4) is 0 Å². The zero-order valence-electron chi connectivity index (χ0n) is 15.6. The number of anilines is 1. The molecule has 2 rings (SSSR count). The molecule has 0 aromatic heterocycles. The van der Waals surface area contributed by atoms with Crippen LogP contribution in [0.1, 0.15) is 16.7 Å². The third-order valence-electron chi connectivity index (χ3n) is 4.18. The summed E-state index contributed by atoms with van der Waals surface area (Å²) < 4.78 is 10.8. The van der Waals surface area contributed by atoms with E-state index >= 15 is 0 Å². The van der Waals surface area contributed by atoms with Gasteiger partial charge in [-0.2, -0.15) is 0 Å². The number of methoxy groups -OCH3 is 2. The first kappa shape index (κ1) is 18.8. The minimum atomic E-state index is -0.00300. The number of amides is 1. The van der Waals surface area contributed by atoms with E-state index in [1.54, 1.807) is 14.2 Å². The number of aryl methyl sites for hydroxylation is 2. The van der Waals surface area contributed by atoms with Gasteiger partial charge >= 0.3 is 0 Å². The summed E-state index contributed by atoms with van der Waals surface area (Å²) in [5.74, 6) is 1.42. The molecule has 0 bridgehead atoms. The molecule has 2 aromatic carbocycles. The number of carbonyl (C=O) groups is 1. The van der Waals surface area contributed by atoms with Crippen molar-refractivity contribution in [3.05, 3.63) is 53.1 Å². The van der Waals surface area contributed by atoms with Gasteiger partial charge in [0.25, 0.3) is 5.91 Å². The Labute approximate surface area is 149 Å². The Morgan fingerprint density at radius 1 is 1.04 bits per heavy atom. The van der Waals surface area contributed by atoms with Gasteiger partial charge in [-0.05, 0) is 37.1 Å². The van der Waals surface area contributed by atoms with E-state index in [0.29, 0.717) is 18.8 Å². The molecule has 1 unspecified atom stereocenters. The van der Waals surface area contributed by atoms with Crippen LogP contribution in [0.5, 0.6) is 11.5 Å². The second-order valence-electron chi connectivity index (χ2n) is 6.28. The first-order chi connectivity index (χ1) is 12.0. The predicted octanol–water partition coefficient (Wildman–Crippen LogP) is 1.97. The molecule has 0 radical (unpaired) electrons. The summed E-state index contributed by atoms with van der Waals surface area (Å²) in [6, 6.07) is 11.8. The van der Waals surface area contributed by atoms with Crippen LogP contribution in [0.4, 0.5) is 5.69 Å². The lowest BCUT2D eigenvalue weighted by atomic mass is 10.1. The fourth-order valence-corrected chi connectivity index (χ4v) is 2.95. The Morgan fingerprint density at radius 3 is 2.28 bits per heavy atom. The first-order valence-corrected chi connectivity index (χ1v) is 8.33. The fraction of sp³-hybridized carbons (Fsp3) is 0.350. The number of benzene rings is 2. The Bertz CT molecular complexity index is 723. The van der Waals surface area contributed by atoms with E-state index in [0.717, 1.165) is 33.0 Å². The number of hydrogen-bond acceptors (Lipinski definition) is 3. The van der Waals surface area contributed by atoms with Gasteiger partial charge in [-0.1, -0.05) is 24.3 Å². The van der Waals surface area contributed by atoms with E-state index in [-0.39, 0.29) is 5.91 Å². The Balaban J connectivity index is 2.03. The fourth-order valence-electron chi connectivity index (χ4n) is 2.95. The van der Waals surface area contributed by atoms with Crippen LogP contribution in [-0.4, -0.2) is 33.7 Å². The molecule has 0 aliphatic rings. The molecule has 0 aliphatic carbocycles. The third kappa shape index (κ3) is 4.73. The van der Waals surface area contributed by atoms with Crippen molar-refractivity contribution >= 4 is 11.6 Å². The number of hydrogen-bond donors (Lipinski definition) is 2. The number of nitrogens with one attached hydrogen (secondary N) is 2. The maximum absolute atomic E-state index is 12.4. The van der Waals surface area contributed by atoms with Crippen LogP contribution < -0.4 is 19.7 Å². The topological polar surface area (TPSA) is 52.0 Å². The Hall–Kier alpha value is -2.53. The van der Waals surface area contributed by atoms with Crippen LogP contribution in [0, 0.1) is 13.8 Å². The highest BCUT2D eigenvalue weighted by Crippen LogP contribution is 2.30. The zero-order valence-corrected chi connectivity index (χ0v) is 15.6. The van der Waals surface area contributed by atoms with Crippen molar-refractivity contribution in [3.63, 3.8) is 0 Å². The molecule has 0 saturated heterocycles. The average molecular weight is 343 g/mol.